The van der Waals surface area contributed by atoms with E-state index in [1.807, 2.05) is 38.1 Å². The van der Waals surface area contributed by atoms with Gasteiger partial charge >= 0.3 is 0 Å². The Labute approximate surface area is 75.6 Å². The third-order valence-corrected chi connectivity index (χ3v) is 2.53. The van der Waals surface area contributed by atoms with E-state index in [2.05, 4.69) is 4.72 Å². The maximum atomic E-state index is 11.1. The Morgan fingerprint density at radius 3 is 2.42 bits per heavy atom. The molecule has 66 valence electrons. The maximum absolute atomic E-state index is 11.1. The number of aryl methyl sites for hydroxylation is 1. The van der Waals surface area contributed by atoms with Crippen molar-refractivity contribution in [2.75, 3.05) is 10.5 Å². The molecule has 0 aliphatic rings. The van der Waals surface area contributed by atoms with Gasteiger partial charge in [0.25, 0.3) is 0 Å². The summed E-state index contributed by atoms with van der Waals surface area (Å²) in [5.74, 6) is 0.633. The second-order valence-electron chi connectivity index (χ2n) is 2.60. The van der Waals surface area contributed by atoms with Crippen molar-refractivity contribution in [2.45, 2.75) is 13.8 Å². The molecule has 3 heteroatoms. The summed E-state index contributed by atoms with van der Waals surface area (Å²) in [5.41, 5.74) is 2.13. The average molecular weight is 183 g/mol. The lowest BCUT2D eigenvalue weighted by atomic mass is 10.2. The van der Waals surface area contributed by atoms with Crippen LogP contribution in [0.1, 0.15) is 12.5 Å². The van der Waals surface area contributed by atoms with Crippen LogP contribution >= 0.6 is 0 Å². The highest BCUT2D eigenvalue weighted by atomic mass is 32.2. The van der Waals surface area contributed by atoms with Gasteiger partial charge in [-0.25, -0.2) is 4.21 Å². The van der Waals surface area contributed by atoms with Crippen LogP contribution in [0.15, 0.2) is 24.3 Å². The number of hydrogen-bond acceptors (Lipinski definition) is 1. The predicted octanol–water partition coefficient (Wildman–Crippen LogP) is 2.09. The van der Waals surface area contributed by atoms with Crippen molar-refractivity contribution >= 4 is 16.7 Å². The summed E-state index contributed by atoms with van der Waals surface area (Å²) < 4.78 is 14.0. The lowest BCUT2D eigenvalue weighted by Gasteiger charge is -2.03. The molecule has 1 aromatic rings. The van der Waals surface area contributed by atoms with Crippen molar-refractivity contribution in [3.63, 3.8) is 0 Å². The number of rotatable bonds is 3. The molecule has 12 heavy (non-hydrogen) atoms. The van der Waals surface area contributed by atoms with Gasteiger partial charge < -0.3 is 4.72 Å². The average Bonchev–Trinajstić information content (AvgIpc) is 2.09. The minimum Gasteiger partial charge on any atom is -0.305 e. The second kappa shape index (κ2) is 4.26. The normalized spacial score (nSPS) is 12.5. The Morgan fingerprint density at radius 1 is 1.33 bits per heavy atom. The van der Waals surface area contributed by atoms with Gasteiger partial charge in [0.2, 0.25) is 0 Å². The van der Waals surface area contributed by atoms with Crippen LogP contribution < -0.4 is 4.72 Å². The molecule has 1 N–H and O–H groups in total. The number of nitrogens with one attached hydrogen (secondary N) is 1. The van der Waals surface area contributed by atoms with E-state index >= 15 is 0 Å². The Hall–Kier alpha value is -0.830. The van der Waals surface area contributed by atoms with E-state index in [0.717, 1.165) is 5.69 Å². The molecule has 1 atom stereocenters. The zero-order valence-corrected chi connectivity index (χ0v) is 8.15. The molecule has 1 rings (SSSR count). The molecule has 0 fully saturated rings. The second-order valence-corrected chi connectivity index (χ2v) is 4.07. The van der Waals surface area contributed by atoms with Gasteiger partial charge in [-0.3, -0.25) is 0 Å². The topological polar surface area (TPSA) is 29.1 Å². The van der Waals surface area contributed by atoms with Crippen molar-refractivity contribution in [1.29, 1.82) is 0 Å². The molecule has 0 aliphatic carbocycles. The standard InChI is InChI=1S/C9H13NOS/c1-3-12(11)10-9-6-4-8(2)5-7-9/h4-7,10H,3H2,1-2H3. The molecule has 0 amide bonds. The maximum Gasteiger partial charge on any atom is 0.116 e. The van der Waals surface area contributed by atoms with E-state index in [9.17, 15) is 4.21 Å². The lowest BCUT2D eigenvalue weighted by Crippen LogP contribution is -2.05. The van der Waals surface area contributed by atoms with E-state index in [1.54, 1.807) is 0 Å². The Kier molecular flexibility index (Phi) is 3.29. The van der Waals surface area contributed by atoms with Crippen LogP contribution in [0, 0.1) is 6.92 Å². The molecular formula is C9H13NOS. The molecule has 0 saturated heterocycles. The van der Waals surface area contributed by atoms with Crippen LogP contribution in [0.3, 0.4) is 0 Å². The summed E-state index contributed by atoms with van der Waals surface area (Å²) in [5, 5.41) is 0. The molecule has 0 heterocycles. The van der Waals surface area contributed by atoms with Crippen LogP contribution in [-0.2, 0) is 11.0 Å². The van der Waals surface area contributed by atoms with Crippen LogP contribution in [0.5, 0.6) is 0 Å². The van der Waals surface area contributed by atoms with Gasteiger partial charge in [-0.15, -0.1) is 0 Å². The first-order valence-corrected chi connectivity index (χ1v) is 5.26. The molecular weight excluding hydrogens is 170 g/mol. The summed E-state index contributed by atoms with van der Waals surface area (Å²) in [6, 6.07) is 7.86. The lowest BCUT2D eigenvalue weighted by molar-refractivity contribution is 0.687. The highest BCUT2D eigenvalue weighted by Crippen LogP contribution is 2.08. The van der Waals surface area contributed by atoms with Crippen LogP contribution in [0.4, 0.5) is 5.69 Å². The number of anilines is 1. The Balaban J connectivity index is 2.64. The van der Waals surface area contributed by atoms with Crippen LogP contribution in [0.25, 0.3) is 0 Å². The van der Waals surface area contributed by atoms with E-state index in [0.29, 0.717) is 5.75 Å². The summed E-state index contributed by atoms with van der Waals surface area (Å²) in [6.07, 6.45) is 0. The zero-order chi connectivity index (χ0) is 8.97. The molecule has 1 aromatic carbocycles. The SMILES string of the molecule is CCS(=O)Nc1ccc(C)cc1. The molecule has 2 nitrogen and oxygen atoms in total. The minimum absolute atomic E-state index is 0.633. The smallest absolute Gasteiger partial charge is 0.116 e. The predicted molar refractivity (Wildman–Crippen MR) is 53.5 cm³/mol. The van der Waals surface area contributed by atoms with Gasteiger partial charge in [-0.1, -0.05) is 24.6 Å². The molecule has 0 radical (unpaired) electrons. The van der Waals surface area contributed by atoms with Crippen molar-refractivity contribution in [3.8, 4) is 0 Å². The van der Waals surface area contributed by atoms with Gasteiger partial charge in [0.05, 0.1) is 0 Å². The molecule has 0 aliphatic heterocycles. The van der Waals surface area contributed by atoms with Crippen molar-refractivity contribution in [2.24, 2.45) is 0 Å². The van der Waals surface area contributed by atoms with Crippen LogP contribution in [0.2, 0.25) is 0 Å². The van der Waals surface area contributed by atoms with Gasteiger partial charge in [-0.2, -0.15) is 0 Å². The van der Waals surface area contributed by atoms with Crippen molar-refractivity contribution in [3.05, 3.63) is 29.8 Å². The van der Waals surface area contributed by atoms with E-state index < -0.39 is 11.0 Å². The van der Waals surface area contributed by atoms with Crippen molar-refractivity contribution < 1.29 is 4.21 Å². The van der Waals surface area contributed by atoms with Crippen LogP contribution in [-0.4, -0.2) is 9.96 Å². The highest BCUT2D eigenvalue weighted by Gasteiger charge is 1.94. The fourth-order valence-electron chi connectivity index (χ4n) is 0.825. The summed E-state index contributed by atoms with van der Waals surface area (Å²) >= 11 is 0. The Bertz CT molecular complexity index is 268. The number of hydrogen-bond donors (Lipinski definition) is 1. The summed E-state index contributed by atoms with van der Waals surface area (Å²) in [4.78, 5) is 0. The summed E-state index contributed by atoms with van der Waals surface area (Å²) in [7, 11) is -0.935. The first-order chi connectivity index (χ1) is 5.72. The molecule has 0 aromatic heterocycles. The first kappa shape index (κ1) is 9.26. The minimum atomic E-state index is -0.935. The largest absolute Gasteiger partial charge is 0.305 e. The van der Waals surface area contributed by atoms with E-state index in [-0.39, 0.29) is 0 Å². The highest BCUT2D eigenvalue weighted by molar-refractivity contribution is 7.86. The molecule has 0 bridgehead atoms. The van der Waals surface area contributed by atoms with Gasteiger partial charge in [0.1, 0.15) is 11.0 Å². The van der Waals surface area contributed by atoms with Gasteiger partial charge in [0, 0.05) is 11.4 Å². The third kappa shape index (κ3) is 2.66. The molecule has 0 spiro atoms. The Morgan fingerprint density at radius 2 is 1.92 bits per heavy atom. The molecule has 0 saturated carbocycles. The zero-order valence-electron chi connectivity index (χ0n) is 7.33. The first-order valence-electron chi connectivity index (χ1n) is 3.94. The monoisotopic (exact) mass is 183 g/mol. The van der Waals surface area contributed by atoms with Gasteiger partial charge in [-0.05, 0) is 19.1 Å². The van der Waals surface area contributed by atoms with E-state index in [1.165, 1.54) is 5.56 Å². The third-order valence-electron chi connectivity index (χ3n) is 1.55. The quantitative estimate of drug-likeness (QED) is 0.763. The van der Waals surface area contributed by atoms with E-state index in [4.69, 9.17) is 0 Å². The van der Waals surface area contributed by atoms with Gasteiger partial charge in [0.15, 0.2) is 0 Å². The summed E-state index contributed by atoms with van der Waals surface area (Å²) in [6.45, 7) is 3.91. The fraction of sp³-hybridized carbons (Fsp3) is 0.333. The van der Waals surface area contributed by atoms with Crippen molar-refractivity contribution in [1.82, 2.24) is 0 Å². The fourth-order valence-corrected chi connectivity index (χ4v) is 1.37. The molecule has 1 unspecified atom stereocenters. The number of benzene rings is 1.